The Morgan fingerprint density at radius 3 is 2.60 bits per heavy atom. The molecule has 0 spiro atoms. The molecule has 110 valence electrons. The third-order valence-corrected chi connectivity index (χ3v) is 4.28. The predicted molar refractivity (Wildman–Crippen MR) is 83.0 cm³/mol. The van der Waals surface area contributed by atoms with Crippen LogP contribution in [0.1, 0.15) is 16.8 Å². The number of carbonyl (C=O) groups is 1. The van der Waals surface area contributed by atoms with Crippen molar-refractivity contribution < 1.29 is 9.53 Å². The molecule has 0 bridgehead atoms. The summed E-state index contributed by atoms with van der Waals surface area (Å²) < 4.78 is 5.93. The molecule has 1 saturated heterocycles. The van der Waals surface area contributed by atoms with Crippen LogP contribution in [0.3, 0.4) is 0 Å². The largest absolute Gasteiger partial charge is 0.385 e. The fourth-order valence-corrected chi connectivity index (χ4v) is 2.87. The average Bonchev–Trinajstić information content (AvgIpc) is 2.48. The molecule has 0 atom stereocenters. The van der Waals surface area contributed by atoms with E-state index in [1.165, 1.54) is 0 Å². The first-order chi connectivity index (χ1) is 9.72. The van der Waals surface area contributed by atoms with Crippen LogP contribution in [-0.2, 0) is 4.74 Å². The summed E-state index contributed by atoms with van der Waals surface area (Å²) in [4.78, 5) is 16.8. The van der Waals surface area contributed by atoms with Gasteiger partial charge in [-0.05, 0) is 34.5 Å². The van der Waals surface area contributed by atoms with Gasteiger partial charge in [0, 0.05) is 50.9 Å². The molecule has 1 aliphatic rings. The van der Waals surface area contributed by atoms with E-state index in [4.69, 9.17) is 4.74 Å². The van der Waals surface area contributed by atoms with Gasteiger partial charge in [-0.3, -0.25) is 9.69 Å². The van der Waals surface area contributed by atoms with E-state index in [1.54, 1.807) is 7.11 Å². The lowest BCUT2D eigenvalue weighted by Crippen LogP contribution is -2.49. The summed E-state index contributed by atoms with van der Waals surface area (Å²) in [6.45, 7) is 5.33. The molecule has 20 heavy (non-hydrogen) atoms. The molecule has 1 amide bonds. The highest BCUT2D eigenvalue weighted by Crippen LogP contribution is 2.18. The molecule has 4 nitrogen and oxygen atoms in total. The van der Waals surface area contributed by atoms with Crippen molar-refractivity contribution in [1.29, 1.82) is 0 Å². The van der Waals surface area contributed by atoms with Gasteiger partial charge in [0.05, 0.1) is 5.56 Å². The Morgan fingerprint density at radius 2 is 1.95 bits per heavy atom. The summed E-state index contributed by atoms with van der Waals surface area (Å²) >= 11 is 3.45. The molecule has 2 rings (SSSR count). The third-order valence-electron chi connectivity index (χ3n) is 3.59. The smallest absolute Gasteiger partial charge is 0.255 e. The summed E-state index contributed by atoms with van der Waals surface area (Å²) in [6.07, 6.45) is 1.05. The van der Waals surface area contributed by atoms with Crippen LogP contribution in [-0.4, -0.2) is 62.1 Å². The first kappa shape index (κ1) is 15.5. The molecular weight excluding hydrogens is 320 g/mol. The maximum absolute atomic E-state index is 12.4. The van der Waals surface area contributed by atoms with E-state index in [1.807, 2.05) is 29.2 Å². The zero-order valence-electron chi connectivity index (χ0n) is 11.8. The van der Waals surface area contributed by atoms with Gasteiger partial charge in [-0.2, -0.15) is 0 Å². The van der Waals surface area contributed by atoms with E-state index in [0.29, 0.717) is 0 Å². The second-order valence-electron chi connectivity index (χ2n) is 4.96. The van der Waals surface area contributed by atoms with Crippen LogP contribution < -0.4 is 0 Å². The highest BCUT2D eigenvalue weighted by Gasteiger charge is 2.22. The molecule has 1 heterocycles. The van der Waals surface area contributed by atoms with E-state index in [-0.39, 0.29) is 5.91 Å². The molecule has 0 N–H and O–H groups in total. The van der Waals surface area contributed by atoms with Gasteiger partial charge in [-0.1, -0.05) is 12.1 Å². The van der Waals surface area contributed by atoms with Crippen molar-refractivity contribution in [2.24, 2.45) is 0 Å². The summed E-state index contributed by atoms with van der Waals surface area (Å²) in [7, 11) is 1.73. The quantitative estimate of drug-likeness (QED) is 0.770. The van der Waals surface area contributed by atoms with Gasteiger partial charge in [0.1, 0.15) is 0 Å². The minimum absolute atomic E-state index is 0.119. The van der Waals surface area contributed by atoms with Gasteiger partial charge in [0.2, 0.25) is 0 Å². The minimum Gasteiger partial charge on any atom is -0.385 e. The maximum atomic E-state index is 12.4. The van der Waals surface area contributed by atoms with Crippen LogP contribution >= 0.6 is 15.9 Å². The number of amides is 1. The van der Waals surface area contributed by atoms with Crippen molar-refractivity contribution in [3.8, 4) is 0 Å². The second kappa shape index (κ2) is 7.76. The number of methoxy groups -OCH3 is 1. The van der Waals surface area contributed by atoms with Gasteiger partial charge in [0.15, 0.2) is 0 Å². The lowest BCUT2D eigenvalue weighted by Gasteiger charge is -2.34. The third kappa shape index (κ3) is 4.04. The summed E-state index contributed by atoms with van der Waals surface area (Å²) in [5, 5.41) is 0. The highest BCUT2D eigenvalue weighted by atomic mass is 79.9. The fraction of sp³-hybridized carbons (Fsp3) is 0.533. The zero-order chi connectivity index (χ0) is 14.4. The van der Waals surface area contributed by atoms with E-state index in [0.717, 1.165) is 55.8 Å². The molecular formula is C15H21BrN2O2. The highest BCUT2D eigenvalue weighted by molar-refractivity contribution is 9.10. The summed E-state index contributed by atoms with van der Waals surface area (Å²) in [5.74, 6) is 0.119. The van der Waals surface area contributed by atoms with Gasteiger partial charge >= 0.3 is 0 Å². The van der Waals surface area contributed by atoms with Crippen molar-refractivity contribution in [2.45, 2.75) is 6.42 Å². The molecule has 0 saturated carbocycles. The van der Waals surface area contributed by atoms with Gasteiger partial charge in [0.25, 0.3) is 5.91 Å². The first-order valence-corrected chi connectivity index (χ1v) is 7.77. The lowest BCUT2D eigenvalue weighted by molar-refractivity contribution is 0.0623. The Labute approximate surface area is 128 Å². The van der Waals surface area contributed by atoms with Crippen molar-refractivity contribution in [3.05, 3.63) is 34.3 Å². The van der Waals surface area contributed by atoms with Crippen molar-refractivity contribution in [3.63, 3.8) is 0 Å². The SMILES string of the molecule is COCCCN1CCN(C(=O)c2ccccc2Br)CC1. The normalized spacial score (nSPS) is 16.4. The maximum Gasteiger partial charge on any atom is 0.255 e. The number of halogens is 1. The van der Waals surface area contributed by atoms with Crippen molar-refractivity contribution in [1.82, 2.24) is 9.80 Å². The number of hydrogen-bond acceptors (Lipinski definition) is 3. The van der Waals surface area contributed by atoms with Gasteiger partial charge < -0.3 is 9.64 Å². The number of carbonyl (C=O) groups excluding carboxylic acids is 1. The minimum atomic E-state index is 0.119. The Bertz CT molecular complexity index is 445. The number of nitrogens with zero attached hydrogens (tertiary/aromatic N) is 2. The van der Waals surface area contributed by atoms with Crippen molar-refractivity contribution in [2.75, 3.05) is 46.4 Å². The number of benzene rings is 1. The first-order valence-electron chi connectivity index (χ1n) is 6.97. The Kier molecular flexibility index (Phi) is 6.01. The van der Waals surface area contributed by atoms with Crippen LogP contribution in [0.25, 0.3) is 0 Å². The molecule has 0 aromatic heterocycles. The Hall–Kier alpha value is -0.910. The molecule has 0 unspecified atom stereocenters. The van der Waals surface area contributed by atoms with E-state index in [2.05, 4.69) is 20.8 Å². The van der Waals surface area contributed by atoms with E-state index < -0.39 is 0 Å². The topological polar surface area (TPSA) is 32.8 Å². The lowest BCUT2D eigenvalue weighted by atomic mass is 10.2. The monoisotopic (exact) mass is 340 g/mol. The number of ether oxygens (including phenoxy) is 1. The predicted octanol–water partition coefficient (Wildman–Crippen LogP) is 2.24. The standard InChI is InChI=1S/C15H21BrN2O2/c1-20-12-4-7-17-8-10-18(11-9-17)15(19)13-5-2-3-6-14(13)16/h2-3,5-6H,4,7-12H2,1H3. The van der Waals surface area contributed by atoms with Crippen LogP contribution in [0.2, 0.25) is 0 Å². The molecule has 0 radical (unpaired) electrons. The molecule has 1 aromatic rings. The van der Waals surface area contributed by atoms with Gasteiger partial charge in [-0.15, -0.1) is 0 Å². The summed E-state index contributed by atoms with van der Waals surface area (Å²) in [6, 6.07) is 7.61. The molecule has 1 aliphatic heterocycles. The average molecular weight is 341 g/mol. The molecule has 5 heteroatoms. The van der Waals surface area contributed by atoms with Crippen LogP contribution in [0.15, 0.2) is 28.7 Å². The zero-order valence-corrected chi connectivity index (χ0v) is 13.4. The summed E-state index contributed by atoms with van der Waals surface area (Å²) in [5.41, 5.74) is 0.750. The number of hydrogen-bond donors (Lipinski definition) is 0. The van der Waals surface area contributed by atoms with E-state index >= 15 is 0 Å². The van der Waals surface area contributed by atoms with Crippen molar-refractivity contribution >= 4 is 21.8 Å². The fourth-order valence-electron chi connectivity index (χ4n) is 2.41. The Balaban J connectivity index is 1.85. The second-order valence-corrected chi connectivity index (χ2v) is 5.81. The number of piperazine rings is 1. The molecule has 1 aromatic carbocycles. The molecule has 1 fully saturated rings. The van der Waals surface area contributed by atoms with E-state index in [9.17, 15) is 4.79 Å². The van der Waals surface area contributed by atoms with Crippen LogP contribution in [0.5, 0.6) is 0 Å². The van der Waals surface area contributed by atoms with Crippen LogP contribution in [0, 0.1) is 0 Å². The molecule has 0 aliphatic carbocycles. The Morgan fingerprint density at radius 1 is 1.25 bits per heavy atom. The number of rotatable bonds is 5. The van der Waals surface area contributed by atoms with Gasteiger partial charge in [-0.25, -0.2) is 0 Å². The van der Waals surface area contributed by atoms with Crippen LogP contribution in [0.4, 0.5) is 0 Å².